The zero-order valence-electron chi connectivity index (χ0n) is 8.38. The Morgan fingerprint density at radius 3 is 2.53 bits per heavy atom. The van der Waals surface area contributed by atoms with Gasteiger partial charge in [-0.05, 0) is 18.6 Å². The second-order valence-corrected chi connectivity index (χ2v) is 6.47. The van der Waals surface area contributed by atoms with Crippen LogP contribution in [0.15, 0.2) is 45.5 Å². The van der Waals surface area contributed by atoms with Crippen molar-refractivity contribution < 1.29 is 8.42 Å². The van der Waals surface area contributed by atoms with Gasteiger partial charge < -0.3 is 0 Å². The first-order valence-electron chi connectivity index (χ1n) is 4.82. The van der Waals surface area contributed by atoms with E-state index in [0.29, 0.717) is 10.1 Å². The third kappa shape index (κ3) is 2.44. The molecule has 0 amide bonds. The van der Waals surface area contributed by atoms with Gasteiger partial charge in [-0.25, -0.2) is 8.42 Å². The zero-order chi connectivity index (χ0) is 10.9. The Labute approximate surface area is 94.3 Å². The Balaban J connectivity index is 2.27. The van der Waals surface area contributed by atoms with Crippen LogP contribution in [0.4, 0.5) is 0 Å². The number of benzene rings is 1. The Hall–Kier alpha value is -0.740. The van der Waals surface area contributed by atoms with Crippen LogP contribution in [0.3, 0.4) is 0 Å². The molecule has 0 N–H and O–H groups in total. The van der Waals surface area contributed by atoms with E-state index < -0.39 is 9.84 Å². The Kier molecular flexibility index (Phi) is 2.89. The fourth-order valence-corrected chi connectivity index (χ4v) is 3.84. The lowest BCUT2D eigenvalue weighted by Crippen LogP contribution is -1.95. The molecule has 1 heterocycles. The van der Waals surface area contributed by atoms with Gasteiger partial charge in [-0.15, -0.1) is 11.8 Å². The first-order chi connectivity index (χ1) is 7.13. The summed E-state index contributed by atoms with van der Waals surface area (Å²) in [5.41, 5.74) is 0. The SMILES string of the molecule is CCC1S/C1=C/S(=O)(=O)c1ccccc1. The van der Waals surface area contributed by atoms with E-state index in [1.807, 2.05) is 6.07 Å². The normalized spacial score (nSPS) is 23.0. The third-order valence-corrected chi connectivity index (χ3v) is 5.19. The summed E-state index contributed by atoms with van der Waals surface area (Å²) in [6.45, 7) is 2.06. The van der Waals surface area contributed by atoms with Gasteiger partial charge in [0.05, 0.1) is 4.90 Å². The summed E-state index contributed by atoms with van der Waals surface area (Å²) in [5.74, 6) is 0. The minimum absolute atomic E-state index is 0.375. The summed E-state index contributed by atoms with van der Waals surface area (Å²) in [4.78, 5) is 1.36. The standard InChI is InChI=1S/C11H12O2S2/c1-2-10-11(14-10)8-15(12,13)9-6-4-3-5-7-9/h3-8,10H,2H2,1H3/b11-8+. The highest BCUT2D eigenvalue weighted by atomic mass is 32.2. The average Bonchev–Trinajstić information content (AvgIpc) is 2.97. The van der Waals surface area contributed by atoms with Crippen molar-refractivity contribution in [1.82, 2.24) is 0 Å². The second kappa shape index (κ2) is 4.02. The smallest absolute Gasteiger partial charge is 0.200 e. The van der Waals surface area contributed by atoms with Crippen LogP contribution >= 0.6 is 11.8 Å². The van der Waals surface area contributed by atoms with Crippen molar-refractivity contribution >= 4 is 21.6 Å². The molecule has 2 rings (SSSR count). The quantitative estimate of drug-likeness (QED) is 0.762. The molecule has 0 saturated carbocycles. The summed E-state index contributed by atoms with van der Waals surface area (Å²) < 4.78 is 23.7. The second-order valence-electron chi connectivity index (χ2n) is 3.39. The van der Waals surface area contributed by atoms with Crippen LogP contribution in [0.2, 0.25) is 0 Å². The van der Waals surface area contributed by atoms with Crippen molar-refractivity contribution in [3.63, 3.8) is 0 Å². The van der Waals surface area contributed by atoms with E-state index in [4.69, 9.17) is 0 Å². The maximum absolute atomic E-state index is 11.9. The molecule has 1 aliphatic rings. The van der Waals surface area contributed by atoms with E-state index in [9.17, 15) is 8.42 Å². The van der Waals surface area contributed by atoms with E-state index in [1.165, 1.54) is 5.41 Å². The molecule has 80 valence electrons. The predicted octanol–water partition coefficient (Wildman–Crippen LogP) is 2.83. The number of hydrogen-bond acceptors (Lipinski definition) is 3. The molecule has 1 unspecified atom stereocenters. The van der Waals surface area contributed by atoms with E-state index in [1.54, 1.807) is 36.0 Å². The van der Waals surface area contributed by atoms with Crippen molar-refractivity contribution in [3.05, 3.63) is 40.6 Å². The van der Waals surface area contributed by atoms with E-state index >= 15 is 0 Å². The number of sulfone groups is 1. The van der Waals surface area contributed by atoms with Crippen LogP contribution < -0.4 is 0 Å². The molecule has 1 aliphatic heterocycles. The molecular weight excluding hydrogens is 228 g/mol. The topological polar surface area (TPSA) is 34.1 Å². The third-order valence-electron chi connectivity index (χ3n) is 2.25. The molecule has 1 aromatic rings. The lowest BCUT2D eigenvalue weighted by molar-refractivity contribution is 0.604. The van der Waals surface area contributed by atoms with Gasteiger partial charge in [-0.1, -0.05) is 25.1 Å². The molecule has 0 aromatic heterocycles. The zero-order valence-corrected chi connectivity index (χ0v) is 10.0. The van der Waals surface area contributed by atoms with Crippen LogP contribution in [0, 0.1) is 0 Å². The molecule has 0 bridgehead atoms. The molecular formula is C11H12O2S2. The lowest BCUT2D eigenvalue weighted by Gasteiger charge is -1.96. The summed E-state index contributed by atoms with van der Waals surface area (Å²) in [6, 6.07) is 8.54. The Morgan fingerprint density at radius 2 is 2.00 bits per heavy atom. The number of thioether (sulfide) groups is 1. The van der Waals surface area contributed by atoms with Crippen LogP contribution in [0.1, 0.15) is 13.3 Å². The molecule has 0 aliphatic carbocycles. The van der Waals surface area contributed by atoms with Gasteiger partial charge in [-0.3, -0.25) is 0 Å². The van der Waals surface area contributed by atoms with E-state index in [0.717, 1.165) is 11.3 Å². The first kappa shape index (κ1) is 10.8. The fraction of sp³-hybridized carbons (Fsp3) is 0.273. The maximum atomic E-state index is 11.9. The molecule has 0 spiro atoms. The van der Waals surface area contributed by atoms with E-state index in [2.05, 4.69) is 6.92 Å². The van der Waals surface area contributed by atoms with Crippen molar-refractivity contribution in [1.29, 1.82) is 0 Å². The summed E-state index contributed by atoms with van der Waals surface area (Å²) >= 11 is 1.64. The molecule has 1 fully saturated rings. The van der Waals surface area contributed by atoms with Gasteiger partial charge in [0.1, 0.15) is 0 Å². The highest BCUT2D eigenvalue weighted by molar-refractivity contribution is 8.12. The van der Waals surface area contributed by atoms with Crippen LogP contribution in [-0.2, 0) is 9.84 Å². The Bertz CT molecular complexity index is 475. The predicted molar refractivity (Wildman–Crippen MR) is 63.4 cm³/mol. The lowest BCUT2D eigenvalue weighted by atomic mass is 10.3. The van der Waals surface area contributed by atoms with Crippen LogP contribution in [0.5, 0.6) is 0 Å². The summed E-state index contributed by atoms with van der Waals surface area (Å²) in [5, 5.41) is 1.82. The highest BCUT2D eigenvalue weighted by Crippen LogP contribution is 2.48. The van der Waals surface area contributed by atoms with Gasteiger partial charge >= 0.3 is 0 Å². The van der Waals surface area contributed by atoms with Gasteiger partial charge in [0.25, 0.3) is 0 Å². The maximum Gasteiger partial charge on any atom is 0.200 e. The van der Waals surface area contributed by atoms with Gasteiger partial charge in [0.2, 0.25) is 9.84 Å². The molecule has 1 aromatic carbocycles. The average molecular weight is 240 g/mol. The molecule has 1 atom stereocenters. The van der Waals surface area contributed by atoms with Crippen molar-refractivity contribution in [3.8, 4) is 0 Å². The molecule has 1 saturated heterocycles. The Morgan fingerprint density at radius 1 is 1.33 bits per heavy atom. The first-order valence-corrected chi connectivity index (χ1v) is 7.24. The highest BCUT2D eigenvalue weighted by Gasteiger charge is 2.31. The molecule has 2 nitrogen and oxygen atoms in total. The van der Waals surface area contributed by atoms with Crippen LogP contribution in [-0.4, -0.2) is 13.7 Å². The molecule has 15 heavy (non-hydrogen) atoms. The molecule has 4 heteroatoms. The molecule has 0 radical (unpaired) electrons. The summed E-state index contributed by atoms with van der Waals surface area (Å²) in [6.07, 6.45) is 1.00. The van der Waals surface area contributed by atoms with Crippen molar-refractivity contribution in [2.45, 2.75) is 23.5 Å². The van der Waals surface area contributed by atoms with Gasteiger partial charge in [0, 0.05) is 15.6 Å². The van der Waals surface area contributed by atoms with Crippen LogP contribution in [0.25, 0.3) is 0 Å². The van der Waals surface area contributed by atoms with Crippen molar-refractivity contribution in [2.75, 3.05) is 0 Å². The van der Waals surface area contributed by atoms with E-state index in [-0.39, 0.29) is 0 Å². The monoisotopic (exact) mass is 240 g/mol. The fourth-order valence-electron chi connectivity index (χ4n) is 1.35. The minimum Gasteiger partial charge on any atom is -0.219 e. The minimum atomic E-state index is -3.22. The number of hydrogen-bond donors (Lipinski definition) is 0. The number of rotatable bonds is 3. The van der Waals surface area contributed by atoms with Gasteiger partial charge in [-0.2, -0.15) is 0 Å². The largest absolute Gasteiger partial charge is 0.219 e. The van der Waals surface area contributed by atoms with Crippen molar-refractivity contribution in [2.24, 2.45) is 0 Å². The van der Waals surface area contributed by atoms with Gasteiger partial charge in [0.15, 0.2) is 0 Å². The summed E-state index contributed by atoms with van der Waals surface area (Å²) in [7, 11) is -3.22.